The van der Waals surface area contributed by atoms with Crippen molar-refractivity contribution < 1.29 is 0 Å². The molecule has 1 heterocycles. The van der Waals surface area contributed by atoms with Gasteiger partial charge >= 0.3 is 0 Å². The molecule has 0 spiro atoms. The Morgan fingerprint density at radius 2 is 2.12 bits per heavy atom. The summed E-state index contributed by atoms with van der Waals surface area (Å²) in [6, 6.07) is 8.37. The number of hydrogen-bond donors (Lipinski definition) is 0. The lowest BCUT2D eigenvalue weighted by Gasteiger charge is -2.09. The van der Waals surface area contributed by atoms with Crippen LogP contribution in [0.15, 0.2) is 34.9 Å². The summed E-state index contributed by atoms with van der Waals surface area (Å²) < 4.78 is 1.10. The van der Waals surface area contributed by atoms with E-state index in [1.807, 2.05) is 18.3 Å². The summed E-state index contributed by atoms with van der Waals surface area (Å²) in [4.78, 5) is 4.89. The van der Waals surface area contributed by atoms with Crippen molar-refractivity contribution >= 4 is 42.8 Å². The van der Waals surface area contributed by atoms with Crippen LogP contribution in [-0.4, -0.2) is 4.98 Å². The highest BCUT2D eigenvalue weighted by Gasteiger charge is 2.07. The second-order valence-corrected chi connectivity index (χ2v) is 5.88. The fourth-order valence-electron chi connectivity index (χ4n) is 1.71. The Bertz CT molecular complexity index is 496. The molecular weight excluding hydrogens is 330 g/mol. The van der Waals surface area contributed by atoms with Crippen LogP contribution >= 0.6 is 31.9 Å². The lowest BCUT2D eigenvalue weighted by Crippen LogP contribution is -1.91. The van der Waals surface area contributed by atoms with Crippen molar-refractivity contribution in [1.82, 2.24) is 4.98 Å². The third-order valence-electron chi connectivity index (χ3n) is 2.57. The molecule has 84 valence electrons. The minimum atomic E-state index is 0.411. The van der Waals surface area contributed by atoms with Crippen LogP contribution in [0.3, 0.4) is 0 Å². The highest BCUT2D eigenvalue weighted by molar-refractivity contribution is 9.10. The van der Waals surface area contributed by atoms with E-state index in [1.54, 1.807) is 0 Å². The Balaban J connectivity index is 2.42. The number of aromatic nitrogens is 1. The van der Waals surface area contributed by atoms with E-state index in [-0.39, 0.29) is 0 Å². The minimum Gasteiger partial charge on any atom is -0.256 e. The van der Waals surface area contributed by atoms with Crippen LogP contribution in [0.25, 0.3) is 10.9 Å². The zero-order chi connectivity index (χ0) is 11.5. The van der Waals surface area contributed by atoms with Gasteiger partial charge in [-0.05, 0) is 36.2 Å². The summed E-state index contributed by atoms with van der Waals surface area (Å²) >= 11 is 7.18. The second kappa shape index (κ2) is 5.28. The predicted octanol–water partition coefficient (Wildman–Crippen LogP) is 5.23. The van der Waals surface area contributed by atoms with Gasteiger partial charge in [-0.2, -0.15) is 0 Å². The normalized spacial score (nSPS) is 12.9. The Morgan fingerprint density at radius 1 is 1.31 bits per heavy atom. The van der Waals surface area contributed by atoms with Crippen molar-refractivity contribution in [2.24, 2.45) is 0 Å². The summed E-state index contributed by atoms with van der Waals surface area (Å²) in [5, 5.41) is 1.19. The molecular formula is C13H13Br2N. The molecule has 0 N–H and O–H groups in total. The van der Waals surface area contributed by atoms with E-state index in [1.165, 1.54) is 17.4 Å². The lowest BCUT2D eigenvalue weighted by molar-refractivity contribution is 0.787. The first-order valence-electron chi connectivity index (χ1n) is 5.40. The molecule has 1 unspecified atom stereocenters. The number of benzene rings is 1. The van der Waals surface area contributed by atoms with Crippen molar-refractivity contribution in [2.45, 2.75) is 24.6 Å². The summed E-state index contributed by atoms with van der Waals surface area (Å²) in [5.74, 6) is 0. The van der Waals surface area contributed by atoms with Crippen molar-refractivity contribution in [3.8, 4) is 0 Å². The van der Waals surface area contributed by atoms with Gasteiger partial charge in [-0.15, -0.1) is 0 Å². The van der Waals surface area contributed by atoms with Crippen LogP contribution in [0.2, 0.25) is 0 Å². The van der Waals surface area contributed by atoms with Gasteiger partial charge in [-0.3, -0.25) is 4.98 Å². The van der Waals surface area contributed by atoms with E-state index < -0.39 is 0 Å². The van der Waals surface area contributed by atoms with Crippen molar-refractivity contribution in [1.29, 1.82) is 0 Å². The van der Waals surface area contributed by atoms with Crippen molar-refractivity contribution in [3.63, 3.8) is 0 Å². The van der Waals surface area contributed by atoms with Crippen LogP contribution in [0.4, 0.5) is 0 Å². The molecule has 0 bridgehead atoms. The van der Waals surface area contributed by atoms with Crippen LogP contribution < -0.4 is 0 Å². The SMILES string of the molecule is CCCC(Br)c1cnc2ccc(Br)cc2c1. The maximum atomic E-state index is 4.47. The average molecular weight is 343 g/mol. The Morgan fingerprint density at radius 3 is 2.88 bits per heavy atom. The smallest absolute Gasteiger partial charge is 0.0702 e. The molecule has 16 heavy (non-hydrogen) atoms. The zero-order valence-electron chi connectivity index (χ0n) is 9.08. The van der Waals surface area contributed by atoms with Gasteiger partial charge in [0.15, 0.2) is 0 Å². The summed E-state index contributed by atoms with van der Waals surface area (Å²) in [6.07, 6.45) is 4.28. The fourth-order valence-corrected chi connectivity index (χ4v) is 2.80. The monoisotopic (exact) mass is 341 g/mol. The molecule has 1 atom stereocenters. The summed E-state index contributed by atoms with van der Waals surface area (Å²) in [6.45, 7) is 2.19. The van der Waals surface area contributed by atoms with Gasteiger partial charge in [-0.1, -0.05) is 45.2 Å². The molecule has 1 aromatic carbocycles. The summed E-state index contributed by atoms with van der Waals surface area (Å²) in [7, 11) is 0. The van der Waals surface area contributed by atoms with E-state index in [4.69, 9.17) is 0 Å². The largest absolute Gasteiger partial charge is 0.256 e. The molecule has 2 rings (SSSR count). The minimum absolute atomic E-state index is 0.411. The first kappa shape index (κ1) is 12.1. The summed E-state index contributed by atoms with van der Waals surface area (Å²) in [5.41, 5.74) is 2.30. The van der Waals surface area contributed by atoms with E-state index in [2.05, 4.69) is 55.9 Å². The fraction of sp³-hybridized carbons (Fsp3) is 0.308. The molecule has 0 saturated heterocycles. The van der Waals surface area contributed by atoms with Gasteiger partial charge in [0.05, 0.1) is 5.52 Å². The Hall–Kier alpha value is -0.410. The molecule has 0 aliphatic rings. The first-order valence-corrected chi connectivity index (χ1v) is 7.11. The second-order valence-electron chi connectivity index (χ2n) is 3.86. The third-order valence-corrected chi connectivity index (χ3v) is 4.05. The van der Waals surface area contributed by atoms with Crippen LogP contribution in [0.1, 0.15) is 30.2 Å². The number of halogens is 2. The van der Waals surface area contributed by atoms with Crippen molar-refractivity contribution in [2.75, 3.05) is 0 Å². The van der Waals surface area contributed by atoms with Crippen molar-refractivity contribution in [3.05, 3.63) is 40.5 Å². The molecule has 2 aromatic rings. The van der Waals surface area contributed by atoms with E-state index in [0.717, 1.165) is 16.4 Å². The topological polar surface area (TPSA) is 12.9 Å². The van der Waals surface area contributed by atoms with Gasteiger partial charge in [-0.25, -0.2) is 0 Å². The third kappa shape index (κ3) is 2.64. The number of nitrogens with zero attached hydrogens (tertiary/aromatic N) is 1. The maximum Gasteiger partial charge on any atom is 0.0702 e. The lowest BCUT2D eigenvalue weighted by atomic mass is 10.1. The molecule has 3 heteroatoms. The van der Waals surface area contributed by atoms with E-state index in [9.17, 15) is 0 Å². The highest BCUT2D eigenvalue weighted by atomic mass is 79.9. The van der Waals surface area contributed by atoms with Crippen LogP contribution in [0.5, 0.6) is 0 Å². The predicted molar refractivity (Wildman–Crippen MR) is 76.0 cm³/mol. The number of rotatable bonds is 3. The van der Waals surface area contributed by atoms with Crippen LogP contribution in [0, 0.1) is 0 Å². The van der Waals surface area contributed by atoms with Gasteiger partial charge in [0.2, 0.25) is 0 Å². The van der Waals surface area contributed by atoms with Gasteiger partial charge in [0.25, 0.3) is 0 Å². The van der Waals surface area contributed by atoms with E-state index >= 15 is 0 Å². The zero-order valence-corrected chi connectivity index (χ0v) is 12.3. The van der Waals surface area contributed by atoms with Gasteiger partial charge < -0.3 is 0 Å². The Kier molecular flexibility index (Phi) is 3.98. The average Bonchev–Trinajstić information content (AvgIpc) is 2.28. The highest BCUT2D eigenvalue weighted by Crippen LogP contribution is 2.29. The molecule has 0 amide bonds. The first-order chi connectivity index (χ1) is 7.70. The number of pyridine rings is 1. The molecule has 0 aliphatic heterocycles. The molecule has 1 nitrogen and oxygen atoms in total. The number of fused-ring (bicyclic) bond motifs is 1. The van der Waals surface area contributed by atoms with Gasteiger partial charge in [0.1, 0.15) is 0 Å². The van der Waals surface area contributed by atoms with E-state index in [0.29, 0.717) is 4.83 Å². The number of alkyl halides is 1. The molecule has 0 fully saturated rings. The van der Waals surface area contributed by atoms with Crippen LogP contribution in [-0.2, 0) is 0 Å². The molecule has 0 radical (unpaired) electrons. The molecule has 0 saturated carbocycles. The Labute approximate surface area is 113 Å². The maximum absolute atomic E-state index is 4.47. The standard InChI is InChI=1S/C13H13Br2N/c1-2-3-12(15)10-6-9-7-11(14)4-5-13(9)16-8-10/h4-8,12H,2-3H2,1H3. The molecule has 1 aromatic heterocycles. The molecule has 0 aliphatic carbocycles. The van der Waals surface area contributed by atoms with Gasteiger partial charge in [0, 0.05) is 20.9 Å². The quantitative estimate of drug-likeness (QED) is 0.695. The number of hydrogen-bond acceptors (Lipinski definition) is 1.